The van der Waals surface area contributed by atoms with Crippen LogP contribution in [0.4, 0.5) is 0 Å². The largest absolute Gasteiger partial charge is 0.491 e. The fourth-order valence-electron chi connectivity index (χ4n) is 2.94. The van der Waals surface area contributed by atoms with Crippen molar-refractivity contribution in [3.8, 4) is 5.75 Å². The number of hydrogen-bond acceptors (Lipinski definition) is 2. The number of aliphatic hydroxyl groups is 1. The van der Waals surface area contributed by atoms with E-state index < -0.39 is 0 Å². The summed E-state index contributed by atoms with van der Waals surface area (Å²) in [5.41, 5.74) is 0.954. The maximum Gasteiger partial charge on any atom is 0.125 e. The average molecular weight is 262 g/mol. The van der Waals surface area contributed by atoms with Gasteiger partial charge in [0.1, 0.15) is 5.75 Å². The molecule has 2 nitrogen and oxygen atoms in total. The van der Waals surface area contributed by atoms with Crippen molar-refractivity contribution in [2.24, 2.45) is 11.8 Å². The second-order valence-corrected chi connectivity index (χ2v) is 6.17. The van der Waals surface area contributed by atoms with Crippen molar-refractivity contribution < 1.29 is 9.84 Å². The highest BCUT2D eigenvalue weighted by Crippen LogP contribution is 2.39. The average Bonchev–Trinajstić information content (AvgIpc) is 2.39. The van der Waals surface area contributed by atoms with Crippen LogP contribution in [-0.2, 0) is 0 Å². The molecular formula is C17H26O2. The van der Waals surface area contributed by atoms with Crippen LogP contribution >= 0.6 is 0 Å². The lowest BCUT2D eigenvalue weighted by molar-refractivity contribution is 0.0716. The third-order valence-corrected chi connectivity index (χ3v) is 4.11. The van der Waals surface area contributed by atoms with Gasteiger partial charge in [-0.1, -0.05) is 38.0 Å². The molecule has 1 fully saturated rings. The molecule has 19 heavy (non-hydrogen) atoms. The molecule has 1 N–H and O–H groups in total. The Bertz CT molecular complexity index is 392. The summed E-state index contributed by atoms with van der Waals surface area (Å²) in [6.45, 7) is 6.34. The molecule has 1 aromatic rings. The van der Waals surface area contributed by atoms with Crippen LogP contribution in [0.15, 0.2) is 24.3 Å². The summed E-state index contributed by atoms with van der Waals surface area (Å²) in [5.74, 6) is 2.03. The molecule has 1 saturated carbocycles. The van der Waals surface area contributed by atoms with Crippen molar-refractivity contribution in [1.82, 2.24) is 0 Å². The summed E-state index contributed by atoms with van der Waals surface area (Å²) < 4.78 is 5.82. The van der Waals surface area contributed by atoms with E-state index in [1.165, 1.54) is 12.8 Å². The van der Waals surface area contributed by atoms with E-state index >= 15 is 0 Å². The maximum absolute atomic E-state index is 10.6. The van der Waals surface area contributed by atoms with Crippen LogP contribution in [0.1, 0.15) is 58.1 Å². The number of rotatable bonds is 4. The molecule has 0 aliphatic heterocycles. The van der Waals surface area contributed by atoms with Crippen molar-refractivity contribution in [3.63, 3.8) is 0 Å². The van der Waals surface area contributed by atoms with E-state index in [-0.39, 0.29) is 12.2 Å². The molecule has 0 radical (unpaired) electrons. The fourth-order valence-corrected chi connectivity index (χ4v) is 2.94. The second-order valence-electron chi connectivity index (χ2n) is 6.17. The number of ether oxygens (including phenoxy) is 1. The Balaban J connectivity index is 2.11. The molecule has 1 atom stereocenters. The Morgan fingerprint density at radius 2 is 1.74 bits per heavy atom. The van der Waals surface area contributed by atoms with Gasteiger partial charge in [0.15, 0.2) is 0 Å². The van der Waals surface area contributed by atoms with E-state index in [4.69, 9.17) is 4.74 Å². The number of hydrogen-bond donors (Lipinski definition) is 1. The van der Waals surface area contributed by atoms with E-state index in [2.05, 4.69) is 6.92 Å². The first-order valence-electron chi connectivity index (χ1n) is 7.51. The predicted molar refractivity (Wildman–Crippen MR) is 78.3 cm³/mol. The first-order chi connectivity index (χ1) is 9.08. The van der Waals surface area contributed by atoms with Gasteiger partial charge in [-0.25, -0.2) is 0 Å². The summed E-state index contributed by atoms with van der Waals surface area (Å²) in [7, 11) is 0. The molecule has 0 amide bonds. The molecule has 2 rings (SSSR count). The van der Waals surface area contributed by atoms with Crippen LogP contribution in [0.5, 0.6) is 5.75 Å². The fraction of sp³-hybridized carbons (Fsp3) is 0.647. The van der Waals surface area contributed by atoms with E-state index in [9.17, 15) is 5.11 Å². The molecule has 0 saturated heterocycles. The molecule has 2 heteroatoms. The van der Waals surface area contributed by atoms with Crippen molar-refractivity contribution in [3.05, 3.63) is 29.8 Å². The monoisotopic (exact) mass is 262 g/mol. The molecule has 0 bridgehead atoms. The smallest absolute Gasteiger partial charge is 0.125 e. The number of aliphatic hydroxyl groups excluding tert-OH is 1. The molecule has 1 unspecified atom stereocenters. The summed E-state index contributed by atoms with van der Waals surface area (Å²) in [6, 6.07) is 7.92. The molecule has 0 heterocycles. The first-order valence-corrected chi connectivity index (χ1v) is 7.51. The molecule has 1 aliphatic rings. The standard InChI is InChI=1S/C17H26O2/c1-12(2)19-16-7-5-4-6-15(16)17(18)14-10-8-13(3)9-11-14/h4-7,12-14,17-18H,8-11H2,1-3H3. The van der Waals surface area contributed by atoms with Gasteiger partial charge in [-0.2, -0.15) is 0 Å². The highest BCUT2D eigenvalue weighted by atomic mass is 16.5. The zero-order chi connectivity index (χ0) is 13.8. The van der Waals surface area contributed by atoms with E-state index in [0.29, 0.717) is 5.92 Å². The first kappa shape index (κ1) is 14.4. The third kappa shape index (κ3) is 3.73. The molecule has 0 spiro atoms. The molecular weight excluding hydrogens is 236 g/mol. The lowest BCUT2D eigenvalue weighted by Gasteiger charge is -2.31. The zero-order valence-electron chi connectivity index (χ0n) is 12.3. The van der Waals surface area contributed by atoms with Gasteiger partial charge in [0.2, 0.25) is 0 Å². The lowest BCUT2D eigenvalue weighted by Crippen LogP contribution is -2.20. The van der Waals surface area contributed by atoms with E-state index in [1.807, 2.05) is 38.1 Å². The lowest BCUT2D eigenvalue weighted by atomic mass is 9.78. The Labute approximate surface area is 116 Å². The topological polar surface area (TPSA) is 29.5 Å². The van der Waals surface area contributed by atoms with Gasteiger partial charge < -0.3 is 9.84 Å². The minimum absolute atomic E-state index is 0.139. The van der Waals surface area contributed by atoms with Gasteiger partial charge in [-0.05, 0) is 44.6 Å². The van der Waals surface area contributed by atoms with Gasteiger partial charge in [0.25, 0.3) is 0 Å². The SMILES string of the molecule is CC1CCC(C(O)c2ccccc2OC(C)C)CC1. The third-order valence-electron chi connectivity index (χ3n) is 4.11. The number of benzene rings is 1. The maximum atomic E-state index is 10.6. The molecule has 0 aromatic heterocycles. The van der Waals surface area contributed by atoms with Crippen LogP contribution in [0.25, 0.3) is 0 Å². The minimum Gasteiger partial charge on any atom is -0.491 e. The van der Waals surface area contributed by atoms with Crippen LogP contribution in [0, 0.1) is 11.8 Å². The van der Waals surface area contributed by atoms with Gasteiger partial charge in [0, 0.05) is 5.56 Å². The van der Waals surface area contributed by atoms with E-state index in [1.54, 1.807) is 0 Å². The Morgan fingerprint density at radius 1 is 1.11 bits per heavy atom. The Hall–Kier alpha value is -1.02. The van der Waals surface area contributed by atoms with Crippen molar-refractivity contribution in [1.29, 1.82) is 0 Å². The van der Waals surface area contributed by atoms with Crippen LogP contribution in [-0.4, -0.2) is 11.2 Å². The highest BCUT2D eigenvalue weighted by Gasteiger charge is 2.27. The zero-order valence-corrected chi connectivity index (χ0v) is 12.3. The van der Waals surface area contributed by atoms with Crippen molar-refractivity contribution in [2.45, 2.75) is 58.7 Å². The number of para-hydroxylation sites is 1. The van der Waals surface area contributed by atoms with Crippen LogP contribution in [0.3, 0.4) is 0 Å². The van der Waals surface area contributed by atoms with Gasteiger partial charge >= 0.3 is 0 Å². The second kappa shape index (κ2) is 6.42. The highest BCUT2D eigenvalue weighted by molar-refractivity contribution is 5.35. The summed E-state index contributed by atoms with van der Waals surface area (Å²) in [6.07, 6.45) is 4.46. The van der Waals surface area contributed by atoms with Gasteiger partial charge in [-0.15, -0.1) is 0 Å². The predicted octanol–water partition coefficient (Wildman–Crippen LogP) is 4.33. The van der Waals surface area contributed by atoms with E-state index in [0.717, 1.165) is 30.1 Å². The molecule has 1 aliphatic carbocycles. The van der Waals surface area contributed by atoms with Crippen LogP contribution < -0.4 is 4.74 Å². The quantitative estimate of drug-likeness (QED) is 0.875. The molecule has 1 aromatic carbocycles. The minimum atomic E-state index is -0.387. The summed E-state index contributed by atoms with van der Waals surface area (Å²) in [5, 5.41) is 10.6. The van der Waals surface area contributed by atoms with Gasteiger partial charge in [-0.3, -0.25) is 0 Å². The Morgan fingerprint density at radius 3 is 2.37 bits per heavy atom. The van der Waals surface area contributed by atoms with Crippen molar-refractivity contribution >= 4 is 0 Å². The summed E-state index contributed by atoms with van der Waals surface area (Å²) in [4.78, 5) is 0. The molecule has 106 valence electrons. The normalized spacial score (nSPS) is 25.3. The van der Waals surface area contributed by atoms with Gasteiger partial charge in [0.05, 0.1) is 12.2 Å². The Kier molecular flexibility index (Phi) is 4.87. The van der Waals surface area contributed by atoms with Crippen LogP contribution in [0.2, 0.25) is 0 Å². The summed E-state index contributed by atoms with van der Waals surface area (Å²) >= 11 is 0. The van der Waals surface area contributed by atoms with Crippen molar-refractivity contribution in [2.75, 3.05) is 0 Å².